The minimum atomic E-state index is -0.945. The van der Waals surface area contributed by atoms with Crippen LogP contribution in [0.4, 0.5) is 0 Å². The van der Waals surface area contributed by atoms with Gasteiger partial charge in [0.15, 0.2) is 34.9 Å². The van der Waals surface area contributed by atoms with Gasteiger partial charge in [-0.15, -0.1) is 0 Å². The van der Waals surface area contributed by atoms with E-state index >= 15 is 0 Å². The van der Waals surface area contributed by atoms with Crippen molar-refractivity contribution < 1.29 is 53.6 Å². The molecule has 2 atom stereocenters. The van der Waals surface area contributed by atoms with E-state index < -0.39 is 35.4 Å². The Labute approximate surface area is 211 Å². The fourth-order valence-electron chi connectivity index (χ4n) is 4.19. The van der Waals surface area contributed by atoms with E-state index in [4.69, 9.17) is 28.4 Å². The monoisotopic (exact) mass is 514 g/mol. The van der Waals surface area contributed by atoms with Crippen LogP contribution in [-0.4, -0.2) is 60.9 Å². The summed E-state index contributed by atoms with van der Waals surface area (Å²) in [6.45, 7) is 0. The first-order valence-corrected chi connectivity index (χ1v) is 11.0. The molecular formula is C26H26O11. The second-order valence-corrected chi connectivity index (χ2v) is 8.13. The van der Waals surface area contributed by atoms with E-state index in [0.717, 1.165) is 12.1 Å². The maximum absolute atomic E-state index is 13.1. The summed E-state index contributed by atoms with van der Waals surface area (Å²) in [6.07, 6.45) is -1.72. The number of ether oxygens (including phenoxy) is 6. The lowest BCUT2D eigenvalue weighted by atomic mass is 9.93. The van der Waals surface area contributed by atoms with Crippen molar-refractivity contribution in [2.45, 2.75) is 18.6 Å². The third-order valence-electron chi connectivity index (χ3n) is 5.95. The van der Waals surface area contributed by atoms with Crippen LogP contribution in [0, 0.1) is 0 Å². The van der Waals surface area contributed by atoms with Crippen LogP contribution in [0.15, 0.2) is 36.4 Å². The van der Waals surface area contributed by atoms with Crippen LogP contribution in [0.25, 0.3) is 0 Å². The van der Waals surface area contributed by atoms with E-state index in [1.54, 1.807) is 12.1 Å². The predicted octanol–water partition coefficient (Wildman–Crippen LogP) is 3.45. The molecule has 11 nitrogen and oxygen atoms in total. The predicted molar refractivity (Wildman–Crippen MR) is 128 cm³/mol. The second-order valence-electron chi connectivity index (χ2n) is 8.13. The summed E-state index contributed by atoms with van der Waals surface area (Å²) in [6, 6.07) is 8.09. The summed E-state index contributed by atoms with van der Waals surface area (Å²) in [5.74, 6) is -1.40. The minimum absolute atomic E-state index is 0.0790. The van der Waals surface area contributed by atoms with Gasteiger partial charge in [0, 0.05) is 29.7 Å². The van der Waals surface area contributed by atoms with E-state index in [1.165, 1.54) is 40.6 Å². The number of phenols is 4. The first-order chi connectivity index (χ1) is 17.7. The number of methoxy groups -OCH3 is 4. The van der Waals surface area contributed by atoms with Gasteiger partial charge in [-0.1, -0.05) is 0 Å². The molecule has 4 N–H and O–H groups in total. The van der Waals surface area contributed by atoms with Crippen molar-refractivity contribution in [1.29, 1.82) is 0 Å². The largest absolute Gasteiger partial charge is 0.508 e. The van der Waals surface area contributed by atoms with Crippen molar-refractivity contribution >= 4 is 5.97 Å². The third kappa shape index (κ3) is 4.75. The molecule has 3 aromatic rings. The zero-order valence-corrected chi connectivity index (χ0v) is 20.5. The smallest absolute Gasteiger partial charge is 0.338 e. The molecule has 0 spiro atoms. The molecule has 0 amide bonds. The average Bonchev–Trinajstić information content (AvgIpc) is 2.89. The minimum Gasteiger partial charge on any atom is -0.508 e. The van der Waals surface area contributed by atoms with Crippen LogP contribution in [0.1, 0.15) is 27.6 Å². The summed E-state index contributed by atoms with van der Waals surface area (Å²) in [4.78, 5) is 13.1. The maximum atomic E-state index is 13.1. The van der Waals surface area contributed by atoms with Crippen LogP contribution >= 0.6 is 0 Å². The van der Waals surface area contributed by atoms with Crippen molar-refractivity contribution in [2.24, 2.45) is 0 Å². The van der Waals surface area contributed by atoms with Gasteiger partial charge in [0.25, 0.3) is 0 Å². The molecule has 0 fully saturated rings. The van der Waals surface area contributed by atoms with E-state index in [9.17, 15) is 25.2 Å². The molecule has 0 saturated heterocycles. The normalized spacial score (nSPS) is 16.2. The summed E-state index contributed by atoms with van der Waals surface area (Å²) in [7, 11) is 5.82. The summed E-state index contributed by atoms with van der Waals surface area (Å²) in [5, 5.41) is 39.4. The highest BCUT2D eigenvalue weighted by Crippen LogP contribution is 2.47. The fourth-order valence-corrected chi connectivity index (χ4v) is 4.19. The van der Waals surface area contributed by atoms with Crippen molar-refractivity contribution in [3.63, 3.8) is 0 Å². The topological polar surface area (TPSA) is 153 Å². The molecule has 0 saturated carbocycles. The molecule has 0 aliphatic carbocycles. The lowest BCUT2D eigenvalue weighted by Gasteiger charge is -2.34. The Morgan fingerprint density at radius 3 is 1.95 bits per heavy atom. The molecule has 1 heterocycles. The number of phenolic OH excluding ortho intramolecular Hbond substituents is 4. The van der Waals surface area contributed by atoms with Crippen molar-refractivity contribution in [2.75, 3.05) is 28.4 Å². The highest BCUT2D eigenvalue weighted by Gasteiger charge is 2.38. The van der Waals surface area contributed by atoms with Gasteiger partial charge in [-0.2, -0.15) is 0 Å². The number of hydrogen-bond acceptors (Lipinski definition) is 11. The summed E-state index contributed by atoms with van der Waals surface area (Å²) < 4.78 is 33.7. The maximum Gasteiger partial charge on any atom is 0.338 e. The number of carbonyl (C=O) groups excluding carboxylic acids is 1. The Morgan fingerprint density at radius 2 is 1.41 bits per heavy atom. The Balaban J connectivity index is 1.80. The molecule has 37 heavy (non-hydrogen) atoms. The molecule has 0 aromatic heterocycles. The SMILES string of the molecule is COc1cc(O)cc2c1CC(OC(=O)c1cc(O)c(O)c(O)c1)C(c1cc(OC)c(OC)c(OC)c1)O2. The van der Waals surface area contributed by atoms with Gasteiger partial charge < -0.3 is 48.8 Å². The van der Waals surface area contributed by atoms with Crippen LogP contribution in [0.5, 0.6) is 51.7 Å². The van der Waals surface area contributed by atoms with Gasteiger partial charge in [0.05, 0.1) is 34.0 Å². The molecule has 0 radical (unpaired) electrons. The van der Waals surface area contributed by atoms with E-state index in [-0.39, 0.29) is 17.7 Å². The van der Waals surface area contributed by atoms with Crippen molar-refractivity contribution in [3.05, 3.63) is 53.1 Å². The second kappa shape index (κ2) is 10.1. The Morgan fingerprint density at radius 1 is 0.811 bits per heavy atom. The Kier molecular flexibility index (Phi) is 6.96. The van der Waals surface area contributed by atoms with Gasteiger partial charge in [-0.05, 0) is 24.3 Å². The first kappa shape index (κ1) is 25.4. The first-order valence-electron chi connectivity index (χ1n) is 11.0. The Bertz CT molecular complexity index is 1290. The lowest BCUT2D eigenvalue weighted by Crippen LogP contribution is -2.35. The molecule has 3 aromatic carbocycles. The van der Waals surface area contributed by atoms with Crippen molar-refractivity contribution in [1.82, 2.24) is 0 Å². The van der Waals surface area contributed by atoms with Gasteiger partial charge in [0.2, 0.25) is 5.75 Å². The van der Waals surface area contributed by atoms with Gasteiger partial charge in [0.1, 0.15) is 23.4 Å². The molecule has 2 unspecified atom stereocenters. The molecule has 1 aliphatic rings. The number of aromatic hydroxyl groups is 4. The lowest BCUT2D eigenvalue weighted by molar-refractivity contribution is -0.0189. The highest BCUT2D eigenvalue weighted by molar-refractivity contribution is 5.91. The van der Waals surface area contributed by atoms with Crippen LogP contribution < -0.4 is 23.7 Å². The van der Waals surface area contributed by atoms with Gasteiger partial charge in [-0.25, -0.2) is 4.79 Å². The van der Waals surface area contributed by atoms with Gasteiger partial charge >= 0.3 is 5.97 Å². The molecule has 196 valence electrons. The summed E-state index contributed by atoms with van der Waals surface area (Å²) in [5.41, 5.74) is 0.870. The van der Waals surface area contributed by atoms with Crippen molar-refractivity contribution in [3.8, 4) is 51.7 Å². The quantitative estimate of drug-likeness (QED) is 0.271. The van der Waals surface area contributed by atoms with E-state index in [1.807, 2.05) is 0 Å². The zero-order valence-electron chi connectivity index (χ0n) is 20.5. The number of rotatable bonds is 7. The molecule has 11 heteroatoms. The summed E-state index contributed by atoms with van der Waals surface area (Å²) >= 11 is 0. The third-order valence-corrected chi connectivity index (χ3v) is 5.95. The van der Waals surface area contributed by atoms with Gasteiger partial charge in [-0.3, -0.25) is 0 Å². The molecule has 1 aliphatic heterocycles. The van der Waals surface area contributed by atoms with E-state index in [2.05, 4.69) is 0 Å². The average molecular weight is 514 g/mol. The van der Waals surface area contributed by atoms with Crippen LogP contribution in [-0.2, 0) is 11.2 Å². The molecular weight excluding hydrogens is 488 g/mol. The van der Waals surface area contributed by atoms with E-state index in [0.29, 0.717) is 39.9 Å². The highest BCUT2D eigenvalue weighted by atomic mass is 16.6. The van der Waals surface area contributed by atoms with Crippen LogP contribution in [0.2, 0.25) is 0 Å². The Hall–Kier alpha value is -4.67. The number of carbonyl (C=O) groups is 1. The molecule has 4 rings (SSSR count). The molecule has 0 bridgehead atoms. The number of fused-ring (bicyclic) bond motifs is 1. The van der Waals surface area contributed by atoms with Crippen LogP contribution in [0.3, 0.4) is 0 Å². The number of benzene rings is 3. The zero-order chi connectivity index (χ0) is 26.9. The number of esters is 1. The standard InChI is InChI=1S/C26H26O11/c1-32-18-9-14(27)10-19-15(18)11-22(37-26(31)13-5-16(28)23(30)17(29)6-13)24(36-19)12-7-20(33-2)25(35-4)21(8-12)34-3/h5-10,22,24,27-30H,11H2,1-4H3. The fraction of sp³-hybridized carbons (Fsp3) is 0.269. The number of hydrogen-bond donors (Lipinski definition) is 4.